The Kier molecular flexibility index (Phi) is 8.05. The van der Waals surface area contributed by atoms with Gasteiger partial charge in [0.15, 0.2) is 0 Å². The van der Waals surface area contributed by atoms with Gasteiger partial charge in [-0.15, -0.1) is 0 Å². The molecule has 176 valence electrons. The zero-order valence-corrected chi connectivity index (χ0v) is 20.5. The smallest absolute Gasteiger partial charge is 0.295 e. The molecule has 1 N–H and O–H groups in total. The number of nitrogens with zero attached hydrogens (tertiary/aromatic N) is 1. The summed E-state index contributed by atoms with van der Waals surface area (Å²) in [5, 5.41) is 11.8. The van der Waals surface area contributed by atoms with E-state index in [9.17, 15) is 14.7 Å². The van der Waals surface area contributed by atoms with Gasteiger partial charge in [-0.05, 0) is 54.3 Å². The van der Waals surface area contributed by atoms with Gasteiger partial charge in [0.25, 0.3) is 11.7 Å². The number of aliphatic hydroxyl groups excluding tert-OH is 1. The summed E-state index contributed by atoms with van der Waals surface area (Å²) in [5.41, 5.74) is 1.78. The Morgan fingerprint density at radius 1 is 1.12 bits per heavy atom. The summed E-state index contributed by atoms with van der Waals surface area (Å²) in [7, 11) is 1.51. The number of carbonyl (C=O) groups is 2. The maximum Gasteiger partial charge on any atom is 0.295 e. The molecule has 8 heteroatoms. The summed E-state index contributed by atoms with van der Waals surface area (Å²) in [4.78, 5) is 27.3. The van der Waals surface area contributed by atoms with E-state index >= 15 is 0 Å². The first kappa shape index (κ1) is 25.1. The number of aliphatic hydroxyl groups is 1. The van der Waals surface area contributed by atoms with Crippen LogP contribution in [-0.2, 0) is 14.3 Å². The van der Waals surface area contributed by atoms with E-state index in [-0.39, 0.29) is 29.5 Å². The first-order valence-electron chi connectivity index (χ1n) is 10.6. The van der Waals surface area contributed by atoms with Crippen molar-refractivity contribution in [3.63, 3.8) is 0 Å². The predicted molar refractivity (Wildman–Crippen MR) is 129 cm³/mol. The molecule has 6 nitrogen and oxygen atoms in total. The van der Waals surface area contributed by atoms with Gasteiger partial charge < -0.3 is 19.5 Å². The van der Waals surface area contributed by atoms with Crippen LogP contribution in [0.3, 0.4) is 0 Å². The van der Waals surface area contributed by atoms with E-state index in [0.29, 0.717) is 34.4 Å². The minimum absolute atomic E-state index is 0.00950. The number of hydrogen-bond acceptors (Lipinski definition) is 5. The van der Waals surface area contributed by atoms with Crippen molar-refractivity contribution in [2.45, 2.75) is 26.8 Å². The van der Waals surface area contributed by atoms with Gasteiger partial charge in [-0.2, -0.15) is 0 Å². The number of Topliss-reactive ketones (excluding diaryl/α,β-unsaturated/α-hetero) is 1. The van der Waals surface area contributed by atoms with E-state index in [0.717, 1.165) is 5.56 Å². The lowest BCUT2D eigenvalue weighted by molar-refractivity contribution is -0.140. The Bertz CT molecular complexity index is 1100. The topological polar surface area (TPSA) is 76.1 Å². The van der Waals surface area contributed by atoms with Gasteiger partial charge in [-0.3, -0.25) is 9.59 Å². The fourth-order valence-corrected chi connectivity index (χ4v) is 4.01. The van der Waals surface area contributed by atoms with Crippen LogP contribution in [0.5, 0.6) is 5.75 Å². The Morgan fingerprint density at radius 2 is 1.85 bits per heavy atom. The van der Waals surface area contributed by atoms with Crippen LogP contribution in [0.2, 0.25) is 10.0 Å². The van der Waals surface area contributed by atoms with Gasteiger partial charge in [0.2, 0.25) is 0 Å². The van der Waals surface area contributed by atoms with E-state index in [1.807, 2.05) is 6.92 Å². The van der Waals surface area contributed by atoms with Crippen molar-refractivity contribution in [3.05, 3.63) is 68.7 Å². The van der Waals surface area contributed by atoms with Gasteiger partial charge in [-0.1, -0.05) is 43.1 Å². The Balaban J connectivity index is 2.10. The highest BCUT2D eigenvalue weighted by molar-refractivity contribution is 6.46. The summed E-state index contributed by atoms with van der Waals surface area (Å²) >= 11 is 12.3. The monoisotopic (exact) mass is 491 g/mol. The van der Waals surface area contributed by atoms with E-state index in [1.165, 1.54) is 12.0 Å². The molecule has 0 aliphatic carbocycles. The van der Waals surface area contributed by atoms with E-state index in [4.69, 9.17) is 32.7 Å². The van der Waals surface area contributed by atoms with E-state index < -0.39 is 17.7 Å². The average molecular weight is 492 g/mol. The number of aryl methyl sites for hydroxylation is 1. The highest BCUT2D eigenvalue weighted by Gasteiger charge is 2.46. The first-order chi connectivity index (χ1) is 15.6. The second kappa shape index (κ2) is 10.6. The largest absolute Gasteiger partial charge is 0.507 e. The number of benzene rings is 2. The molecule has 1 aliphatic rings. The summed E-state index contributed by atoms with van der Waals surface area (Å²) in [5.74, 6) is -0.674. The minimum atomic E-state index is -0.827. The Morgan fingerprint density at radius 3 is 2.45 bits per heavy atom. The lowest BCUT2D eigenvalue weighted by Crippen LogP contribution is -2.32. The third-order valence-corrected chi connectivity index (χ3v) is 6.10. The number of carbonyl (C=O) groups excluding carboxylic acids is 2. The molecule has 1 heterocycles. The second-order valence-corrected chi connectivity index (χ2v) is 9.16. The Labute approximate surface area is 203 Å². The van der Waals surface area contributed by atoms with Gasteiger partial charge >= 0.3 is 0 Å². The second-order valence-electron chi connectivity index (χ2n) is 8.34. The highest BCUT2D eigenvalue weighted by Crippen LogP contribution is 2.41. The summed E-state index contributed by atoms with van der Waals surface area (Å²) in [6.45, 7) is 6.94. The van der Waals surface area contributed by atoms with Crippen molar-refractivity contribution in [2.75, 3.05) is 26.9 Å². The molecule has 0 bridgehead atoms. The number of likely N-dealkylation sites (tertiary alicyclic amines) is 1. The van der Waals surface area contributed by atoms with Gasteiger partial charge in [0.1, 0.15) is 11.5 Å². The predicted octanol–water partition coefficient (Wildman–Crippen LogP) is 5.40. The average Bonchev–Trinajstić information content (AvgIpc) is 3.02. The summed E-state index contributed by atoms with van der Waals surface area (Å²) < 4.78 is 10.9. The molecule has 0 spiro atoms. The molecule has 2 aromatic rings. The zero-order valence-electron chi connectivity index (χ0n) is 19.0. The molecule has 3 rings (SSSR count). The van der Waals surface area contributed by atoms with Crippen LogP contribution in [0.15, 0.2) is 42.0 Å². The van der Waals surface area contributed by atoms with Gasteiger partial charge in [-0.25, -0.2) is 0 Å². The molecule has 0 saturated carbocycles. The van der Waals surface area contributed by atoms with Gasteiger partial charge in [0, 0.05) is 19.2 Å². The maximum absolute atomic E-state index is 13.0. The normalized spacial score (nSPS) is 17.8. The van der Waals surface area contributed by atoms with Crippen molar-refractivity contribution < 1.29 is 24.2 Å². The number of halogens is 2. The molecular formula is C25H27Cl2NO5. The quantitative estimate of drug-likeness (QED) is 0.303. The maximum atomic E-state index is 13.0. The molecular weight excluding hydrogens is 465 g/mol. The molecule has 2 aromatic carbocycles. The molecule has 33 heavy (non-hydrogen) atoms. The molecule has 1 atom stereocenters. The van der Waals surface area contributed by atoms with Crippen LogP contribution < -0.4 is 4.74 Å². The highest BCUT2D eigenvalue weighted by atomic mass is 35.5. The van der Waals surface area contributed by atoms with E-state index in [2.05, 4.69) is 13.8 Å². The first-order valence-corrected chi connectivity index (χ1v) is 11.4. The van der Waals surface area contributed by atoms with Crippen molar-refractivity contribution in [1.29, 1.82) is 0 Å². The zero-order chi connectivity index (χ0) is 24.3. The molecule has 1 amide bonds. The molecule has 0 unspecified atom stereocenters. The van der Waals surface area contributed by atoms with E-state index in [1.54, 1.807) is 36.4 Å². The number of hydrogen-bond donors (Lipinski definition) is 1. The van der Waals surface area contributed by atoms with Crippen LogP contribution in [0.25, 0.3) is 5.76 Å². The fourth-order valence-electron chi connectivity index (χ4n) is 3.70. The lowest BCUT2D eigenvalue weighted by atomic mass is 9.95. The standard InChI is InChI=1S/C25H27Cl2NO5/c1-14(2)13-33-20-8-6-17(11-15(20)3)23(29)21-22(16-5-7-18(26)19(27)12-16)28(9-10-32-4)25(31)24(21)30/h5-8,11-12,14,22,29H,9-10,13H2,1-4H3/t22-/m1/s1. The summed E-state index contributed by atoms with van der Waals surface area (Å²) in [6, 6.07) is 9.22. The van der Waals surface area contributed by atoms with Crippen LogP contribution in [0, 0.1) is 12.8 Å². The van der Waals surface area contributed by atoms with Crippen molar-refractivity contribution >= 4 is 40.7 Å². The van der Waals surface area contributed by atoms with Crippen LogP contribution >= 0.6 is 23.2 Å². The number of methoxy groups -OCH3 is 1. The third kappa shape index (κ3) is 5.35. The number of rotatable bonds is 8. The number of ether oxygens (including phenoxy) is 2. The lowest BCUT2D eigenvalue weighted by Gasteiger charge is -2.25. The molecule has 1 saturated heterocycles. The minimum Gasteiger partial charge on any atom is -0.507 e. The van der Waals surface area contributed by atoms with Crippen LogP contribution in [-0.4, -0.2) is 48.6 Å². The molecule has 1 aliphatic heterocycles. The number of ketones is 1. The van der Waals surface area contributed by atoms with Crippen LogP contribution in [0.1, 0.15) is 36.6 Å². The fraction of sp³-hybridized carbons (Fsp3) is 0.360. The Hall–Kier alpha value is -2.54. The van der Waals surface area contributed by atoms with Crippen molar-refractivity contribution in [3.8, 4) is 5.75 Å². The summed E-state index contributed by atoms with van der Waals surface area (Å²) in [6.07, 6.45) is 0. The molecule has 1 fully saturated rings. The third-order valence-electron chi connectivity index (χ3n) is 5.36. The molecule has 0 radical (unpaired) electrons. The SMILES string of the molecule is COCCN1C(=O)C(=O)C(=C(O)c2ccc(OCC(C)C)c(C)c2)[C@H]1c1ccc(Cl)c(Cl)c1. The van der Waals surface area contributed by atoms with Crippen LogP contribution in [0.4, 0.5) is 0 Å². The van der Waals surface area contributed by atoms with Gasteiger partial charge in [0.05, 0.1) is 34.9 Å². The molecule has 0 aromatic heterocycles. The number of amides is 1. The van der Waals surface area contributed by atoms with Crippen molar-refractivity contribution in [1.82, 2.24) is 4.90 Å². The van der Waals surface area contributed by atoms with Crippen molar-refractivity contribution in [2.24, 2.45) is 5.92 Å².